The van der Waals surface area contributed by atoms with Crippen molar-refractivity contribution in [3.8, 4) is 0 Å². The Morgan fingerprint density at radius 3 is 2.12 bits per heavy atom. The van der Waals surface area contributed by atoms with Crippen LogP contribution >= 0.6 is 0 Å². The van der Waals surface area contributed by atoms with E-state index in [-0.39, 0.29) is 17.9 Å². The number of aromatic nitrogens is 3. The van der Waals surface area contributed by atoms with Gasteiger partial charge in [-0.1, -0.05) is 0 Å². The predicted molar refractivity (Wildman–Crippen MR) is 121 cm³/mol. The van der Waals surface area contributed by atoms with E-state index in [9.17, 15) is 31.1 Å². The summed E-state index contributed by atoms with van der Waals surface area (Å²) in [4.78, 5) is 39.0. The van der Waals surface area contributed by atoms with Crippen LogP contribution in [0.2, 0.25) is 0 Å². The van der Waals surface area contributed by atoms with Crippen LogP contribution in [0.1, 0.15) is 39.9 Å². The lowest BCUT2D eigenvalue weighted by Gasteiger charge is -2.24. The number of carboxylic acids is 2. The second-order valence-corrected chi connectivity index (χ2v) is 8.75. The highest BCUT2D eigenvalue weighted by Gasteiger charge is 2.39. The Morgan fingerprint density at radius 2 is 1.68 bits per heavy atom. The van der Waals surface area contributed by atoms with Crippen molar-refractivity contribution in [1.29, 1.82) is 0 Å². The predicted octanol–water partition coefficient (Wildman–Crippen LogP) is 2.40. The van der Waals surface area contributed by atoms with Gasteiger partial charge in [0, 0.05) is 53.3 Å². The number of aryl methyl sites for hydroxylation is 2. The summed E-state index contributed by atoms with van der Waals surface area (Å²) in [5.74, 6) is -4.59. The fourth-order valence-electron chi connectivity index (χ4n) is 3.76. The summed E-state index contributed by atoms with van der Waals surface area (Å²) in [6, 6.07) is 2.10. The van der Waals surface area contributed by atoms with Crippen LogP contribution in [0.25, 0.3) is 0 Å². The van der Waals surface area contributed by atoms with E-state index in [4.69, 9.17) is 29.0 Å². The lowest BCUT2D eigenvalue weighted by Crippen LogP contribution is -2.31. The van der Waals surface area contributed by atoms with Crippen molar-refractivity contribution in [2.24, 2.45) is 7.05 Å². The smallest absolute Gasteiger partial charge is 0.475 e. The molecule has 2 N–H and O–H groups in total. The molecule has 2 aliphatic rings. The van der Waals surface area contributed by atoms with Gasteiger partial charge < -0.3 is 24.3 Å². The normalized spacial score (nSPS) is 17.3. The van der Waals surface area contributed by atoms with Crippen molar-refractivity contribution in [2.75, 3.05) is 26.7 Å². The summed E-state index contributed by atoms with van der Waals surface area (Å²) in [6.45, 7) is 5.69. The molecule has 4 rings (SSSR count). The number of carbonyl (C=O) groups excluding carboxylic acids is 1. The van der Waals surface area contributed by atoms with Gasteiger partial charge in [-0.15, -0.1) is 0 Å². The van der Waals surface area contributed by atoms with Crippen LogP contribution in [-0.4, -0.2) is 97.8 Å². The number of aliphatic carboxylic acids is 2. The molecule has 1 amide bonds. The SMILES string of the molecule is COC1CCN(C(=O)c2nc3c(o2)CCN(Cc2cc(C)nn2C)C3)C1.O=C(O)C(F)(F)F.O=C(O)C(F)(F)F. The second-order valence-electron chi connectivity index (χ2n) is 8.75. The van der Waals surface area contributed by atoms with Crippen LogP contribution in [0.15, 0.2) is 10.5 Å². The fraction of sp³-hybridized carbons (Fsp3) is 0.591. The van der Waals surface area contributed by atoms with Gasteiger partial charge in [0.05, 0.1) is 23.2 Å². The van der Waals surface area contributed by atoms with Gasteiger partial charge in [-0.05, 0) is 19.4 Å². The van der Waals surface area contributed by atoms with E-state index in [1.807, 2.05) is 18.7 Å². The molecule has 224 valence electrons. The lowest BCUT2D eigenvalue weighted by atomic mass is 10.1. The molecule has 2 aromatic heterocycles. The highest BCUT2D eigenvalue weighted by Crippen LogP contribution is 2.23. The van der Waals surface area contributed by atoms with E-state index in [1.165, 1.54) is 5.69 Å². The molecule has 0 radical (unpaired) electrons. The van der Waals surface area contributed by atoms with Crippen molar-refractivity contribution in [1.82, 2.24) is 24.6 Å². The third-order valence-electron chi connectivity index (χ3n) is 5.72. The Morgan fingerprint density at radius 1 is 1.10 bits per heavy atom. The first-order chi connectivity index (χ1) is 18.4. The molecule has 1 unspecified atom stereocenters. The molecular formula is C22H27F6N5O7. The van der Waals surface area contributed by atoms with Crippen molar-refractivity contribution >= 4 is 17.8 Å². The zero-order valence-electron chi connectivity index (χ0n) is 21.5. The van der Waals surface area contributed by atoms with Crippen LogP contribution < -0.4 is 0 Å². The standard InChI is InChI=1S/C18H25N5O3.2C2HF3O2/c1-12-8-13(21(2)20-12)9-22-6-5-16-15(11-22)19-17(26-16)18(24)23-7-4-14(10-23)25-3;2*3-2(4,5)1(6)7/h8,14H,4-7,9-11H2,1-3H3;2*(H,6,7). The molecule has 2 aliphatic heterocycles. The summed E-state index contributed by atoms with van der Waals surface area (Å²) in [7, 11) is 3.65. The minimum Gasteiger partial charge on any atom is -0.475 e. The molecule has 40 heavy (non-hydrogen) atoms. The number of hydrogen-bond acceptors (Lipinski definition) is 8. The van der Waals surface area contributed by atoms with Crippen LogP contribution in [0.3, 0.4) is 0 Å². The molecule has 0 bridgehead atoms. The van der Waals surface area contributed by atoms with Crippen LogP contribution in [-0.2, 0) is 40.9 Å². The number of hydrogen-bond donors (Lipinski definition) is 2. The quantitative estimate of drug-likeness (QED) is 0.511. The largest absolute Gasteiger partial charge is 0.490 e. The Labute approximate surface area is 223 Å². The zero-order valence-corrected chi connectivity index (χ0v) is 21.5. The second kappa shape index (κ2) is 13.1. The Bertz CT molecular complexity index is 1170. The minimum absolute atomic E-state index is 0.112. The van der Waals surface area contributed by atoms with Gasteiger partial charge in [0.2, 0.25) is 0 Å². The number of amides is 1. The van der Waals surface area contributed by atoms with E-state index in [0.717, 1.165) is 43.1 Å². The van der Waals surface area contributed by atoms with Crippen LogP contribution in [0, 0.1) is 6.92 Å². The van der Waals surface area contributed by atoms with Crippen molar-refractivity contribution in [2.45, 2.75) is 51.3 Å². The first-order valence-electron chi connectivity index (χ1n) is 11.5. The van der Waals surface area contributed by atoms with E-state index in [2.05, 4.69) is 21.0 Å². The number of oxazole rings is 1. The fourth-order valence-corrected chi connectivity index (χ4v) is 3.76. The average Bonchev–Trinajstić information content (AvgIpc) is 3.56. The van der Waals surface area contributed by atoms with Gasteiger partial charge in [-0.25, -0.2) is 14.6 Å². The maximum atomic E-state index is 12.6. The molecule has 0 aromatic carbocycles. The molecule has 12 nitrogen and oxygen atoms in total. The first kappa shape index (κ1) is 32.5. The molecule has 1 saturated heterocycles. The van der Waals surface area contributed by atoms with Gasteiger partial charge >= 0.3 is 30.2 Å². The summed E-state index contributed by atoms with van der Waals surface area (Å²) in [5, 5.41) is 18.7. The van der Waals surface area contributed by atoms with Gasteiger partial charge in [-0.2, -0.15) is 31.4 Å². The highest BCUT2D eigenvalue weighted by molar-refractivity contribution is 5.90. The molecule has 0 aliphatic carbocycles. The number of nitrogens with zero attached hydrogens (tertiary/aromatic N) is 5. The van der Waals surface area contributed by atoms with Crippen molar-refractivity contribution in [3.05, 3.63) is 34.8 Å². The average molecular weight is 587 g/mol. The molecule has 18 heteroatoms. The third-order valence-corrected chi connectivity index (χ3v) is 5.72. The van der Waals surface area contributed by atoms with Crippen molar-refractivity contribution < 1.29 is 60.1 Å². The summed E-state index contributed by atoms with van der Waals surface area (Å²) in [5.41, 5.74) is 3.07. The maximum Gasteiger partial charge on any atom is 0.490 e. The van der Waals surface area contributed by atoms with Crippen LogP contribution in [0.4, 0.5) is 26.3 Å². The van der Waals surface area contributed by atoms with Gasteiger partial charge in [-0.3, -0.25) is 14.4 Å². The molecule has 1 atom stereocenters. The van der Waals surface area contributed by atoms with Gasteiger partial charge in [0.1, 0.15) is 5.76 Å². The number of carbonyl (C=O) groups is 3. The lowest BCUT2D eigenvalue weighted by molar-refractivity contribution is -0.193. The number of fused-ring (bicyclic) bond motifs is 1. The van der Waals surface area contributed by atoms with E-state index in [1.54, 1.807) is 12.0 Å². The Kier molecular flexibility index (Phi) is 10.7. The summed E-state index contributed by atoms with van der Waals surface area (Å²) >= 11 is 0. The van der Waals surface area contributed by atoms with E-state index >= 15 is 0 Å². The van der Waals surface area contributed by atoms with Gasteiger partial charge in [0.25, 0.3) is 5.89 Å². The topological polar surface area (TPSA) is 151 Å². The number of halogens is 6. The number of methoxy groups -OCH3 is 1. The molecule has 2 aromatic rings. The number of alkyl halides is 6. The van der Waals surface area contributed by atoms with Gasteiger partial charge in [0.15, 0.2) is 0 Å². The third kappa shape index (κ3) is 9.22. The Hall–Kier alpha value is -3.67. The first-order valence-corrected chi connectivity index (χ1v) is 11.5. The zero-order chi connectivity index (χ0) is 30.4. The molecule has 0 spiro atoms. The summed E-state index contributed by atoms with van der Waals surface area (Å²) in [6.07, 6.45) is -8.42. The number of rotatable bonds is 4. The molecule has 0 saturated carbocycles. The molecule has 1 fully saturated rings. The number of ether oxygens (including phenoxy) is 1. The molecular weight excluding hydrogens is 560 g/mol. The van der Waals surface area contributed by atoms with Crippen LogP contribution in [0.5, 0.6) is 0 Å². The minimum atomic E-state index is -5.08. The van der Waals surface area contributed by atoms with Crippen molar-refractivity contribution in [3.63, 3.8) is 0 Å². The highest BCUT2D eigenvalue weighted by atomic mass is 19.4. The van der Waals surface area contributed by atoms with E-state index in [0.29, 0.717) is 19.6 Å². The Balaban J connectivity index is 0.000000333. The summed E-state index contributed by atoms with van der Waals surface area (Å²) < 4.78 is 76.5. The monoisotopic (exact) mass is 587 g/mol. The number of carboxylic acid groups (broad SMARTS) is 2. The maximum absolute atomic E-state index is 12.6. The molecule has 4 heterocycles. The number of likely N-dealkylation sites (tertiary alicyclic amines) is 1. The van der Waals surface area contributed by atoms with E-state index < -0.39 is 24.3 Å².